The molecule has 0 radical (unpaired) electrons. The van der Waals surface area contributed by atoms with Gasteiger partial charge in [0.1, 0.15) is 11.5 Å². The van der Waals surface area contributed by atoms with Crippen molar-refractivity contribution in [1.29, 1.82) is 0 Å². The molecule has 2 N–H and O–H groups in total. The van der Waals surface area contributed by atoms with E-state index in [0.29, 0.717) is 12.3 Å². The second-order valence-corrected chi connectivity index (χ2v) is 9.32. The van der Waals surface area contributed by atoms with Gasteiger partial charge in [0.2, 0.25) is 0 Å². The molecule has 34 heavy (non-hydrogen) atoms. The van der Waals surface area contributed by atoms with Crippen LogP contribution in [0.5, 0.6) is 11.5 Å². The number of aliphatic imine (C=N–C) groups is 1. The molecule has 0 aliphatic heterocycles. The summed E-state index contributed by atoms with van der Waals surface area (Å²) in [6.45, 7) is 7.03. The standard InChI is InChI=1S/C30H46N2O2/c1-3-5-7-9-11-19-28(27-18-13-15-21-30(27)34)32(23-16-10-8-6-4-2)24-22-31-25-26-17-12-14-20-29(26)33/h12-15,17-18,20-21,25,28,33-34H,3-11,16,19,22-24H2,1-2H3. The minimum atomic E-state index is 0.203. The van der Waals surface area contributed by atoms with Gasteiger partial charge in [0.05, 0.1) is 6.54 Å². The molecule has 2 rings (SSSR count). The number of phenols is 2. The van der Waals surface area contributed by atoms with Crippen LogP contribution in [0.25, 0.3) is 0 Å². The average Bonchev–Trinajstić information content (AvgIpc) is 2.84. The van der Waals surface area contributed by atoms with Crippen LogP contribution in [0.4, 0.5) is 0 Å². The van der Waals surface area contributed by atoms with Gasteiger partial charge < -0.3 is 10.2 Å². The van der Waals surface area contributed by atoms with Crippen molar-refractivity contribution in [3.05, 3.63) is 59.7 Å². The van der Waals surface area contributed by atoms with Crippen LogP contribution < -0.4 is 0 Å². The first kappa shape index (κ1) is 27.9. The third-order valence-corrected chi connectivity index (χ3v) is 6.55. The second-order valence-electron chi connectivity index (χ2n) is 9.32. The summed E-state index contributed by atoms with van der Waals surface area (Å²) in [4.78, 5) is 7.16. The van der Waals surface area contributed by atoms with Crippen LogP contribution in [0.1, 0.15) is 102 Å². The van der Waals surface area contributed by atoms with Crippen molar-refractivity contribution < 1.29 is 10.2 Å². The third-order valence-electron chi connectivity index (χ3n) is 6.55. The predicted octanol–water partition coefficient (Wildman–Crippen LogP) is 7.89. The van der Waals surface area contributed by atoms with Crippen LogP contribution in [0.2, 0.25) is 0 Å². The van der Waals surface area contributed by atoms with Crippen LogP contribution >= 0.6 is 0 Å². The normalized spacial score (nSPS) is 12.6. The molecular weight excluding hydrogens is 420 g/mol. The lowest BCUT2D eigenvalue weighted by Gasteiger charge is -2.32. The van der Waals surface area contributed by atoms with Gasteiger partial charge in [-0.15, -0.1) is 0 Å². The maximum absolute atomic E-state index is 10.7. The van der Waals surface area contributed by atoms with Crippen molar-refractivity contribution in [2.75, 3.05) is 19.6 Å². The molecule has 2 aromatic rings. The molecule has 0 saturated heterocycles. The van der Waals surface area contributed by atoms with E-state index in [0.717, 1.165) is 30.6 Å². The molecule has 1 atom stereocenters. The fourth-order valence-corrected chi connectivity index (χ4v) is 4.53. The van der Waals surface area contributed by atoms with E-state index in [1.165, 1.54) is 64.2 Å². The van der Waals surface area contributed by atoms with Gasteiger partial charge in [-0.05, 0) is 37.6 Å². The molecule has 4 nitrogen and oxygen atoms in total. The summed E-state index contributed by atoms with van der Waals surface area (Å²) in [6, 6.07) is 15.4. The number of unbranched alkanes of at least 4 members (excludes halogenated alkanes) is 8. The number of hydrogen-bond donors (Lipinski definition) is 2. The molecule has 0 saturated carbocycles. The molecule has 1 unspecified atom stereocenters. The summed E-state index contributed by atoms with van der Waals surface area (Å²) in [5.74, 6) is 0.660. The number of rotatable bonds is 18. The molecule has 0 heterocycles. The van der Waals surface area contributed by atoms with Gasteiger partial charge in [0.25, 0.3) is 0 Å². The van der Waals surface area contributed by atoms with E-state index in [2.05, 4.69) is 29.8 Å². The van der Waals surface area contributed by atoms with Gasteiger partial charge in [-0.3, -0.25) is 9.89 Å². The first-order chi connectivity index (χ1) is 16.7. The highest BCUT2D eigenvalue weighted by molar-refractivity contribution is 5.83. The van der Waals surface area contributed by atoms with Crippen molar-refractivity contribution in [3.8, 4) is 11.5 Å². The summed E-state index contributed by atoms with van der Waals surface area (Å²) in [6.07, 6.45) is 15.3. The number of phenolic OH excluding ortho intramolecular Hbond substituents is 2. The Labute approximate surface area is 207 Å². The van der Waals surface area contributed by atoms with Crippen LogP contribution in [0.15, 0.2) is 53.5 Å². The first-order valence-electron chi connectivity index (χ1n) is 13.5. The fraction of sp³-hybridized carbons (Fsp3) is 0.567. The maximum atomic E-state index is 10.7. The molecule has 0 spiro atoms. The first-order valence-corrected chi connectivity index (χ1v) is 13.5. The zero-order valence-corrected chi connectivity index (χ0v) is 21.5. The van der Waals surface area contributed by atoms with Gasteiger partial charge >= 0.3 is 0 Å². The Morgan fingerprint density at radius 3 is 2.03 bits per heavy atom. The van der Waals surface area contributed by atoms with Crippen molar-refractivity contribution in [2.45, 2.75) is 90.5 Å². The number of aromatic hydroxyl groups is 2. The van der Waals surface area contributed by atoms with Crippen molar-refractivity contribution >= 4 is 6.21 Å². The highest BCUT2D eigenvalue weighted by Gasteiger charge is 2.22. The van der Waals surface area contributed by atoms with Crippen LogP contribution in [-0.4, -0.2) is 41.0 Å². The minimum Gasteiger partial charge on any atom is -0.508 e. The Bertz CT molecular complexity index is 821. The van der Waals surface area contributed by atoms with E-state index >= 15 is 0 Å². The largest absolute Gasteiger partial charge is 0.508 e. The average molecular weight is 467 g/mol. The number of benzene rings is 2. The fourth-order valence-electron chi connectivity index (χ4n) is 4.53. The van der Waals surface area contributed by atoms with Crippen molar-refractivity contribution in [3.63, 3.8) is 0 Å². The van der Waals surface area contributed by atoms with Gasteiger partial charge in [0.15, 0.2) is 0 Å². The zero-order valence-electron chi connectivity index (χ0n) is 21.5. The topological polar surface area (TPSA) is 56.1 Å². The highest BCUT2D eigenvalue weighted by atomic mass is 16.3. The highest BCUT2D eigenvalue weighted by Crippen LogP contribution is 2.33. The summed E-state index contributed by atoms with van der Waals surface area (Å²) in [7, 11) is 0. The lowest BCUT2D eigenvalue weighted by atomic mass is 9.96. The van der Waals surface area contributed by atoms with E-state index in [9.17, 15) is 10.2 Å². The molecule has 2 aromatic carbocycles. The predicted molar refractivity (Wildman–Crippen MR) is 145 cm³/mol. The summed E-state index contributed by atoms with van der Waals surface area (Å²) in [5, 5.41) is 20.7. The van der Waals surface area contributed by atoms with Gasteiger partial charge in [-0.2, -0.15) is 0 Å². The van der Waals surface area contributed by atoms with E-state index < -0.39 is 0 Å². The Hall–Kier alpha value is -2.33. The smallest absolute Gasteiger partial charge is 0.124 e. The minimum absolute atomic E-state index is 0.203. The van der Waals surface area contributed by atoms with Gasteiger partial charge in [-0.25, -0.2) is 0 Å². The van der Waals surface area contributed by atoms with Gasteiger partial charge in [-0.1, -0.05) is 102 Å². The molecule has 0 bridgehead atoms. The Balaban J connectivity index is 2.10. The number of hydrogen-bond acceptors (Lipinski definition) is 4. The van der Waals surface area contributed by atoms with Crippen molar-refractivity contribution in [2.24, 2.45) is 4.99 Å². The molecule has 0 aliphatic rings. The molecule has 0 aliphatic carbocycles. The molecule has 0 aromatic heterocycles. The Morgan fingerprint density at radius 1 is 0.735 bits per heavy atom. The van der Waals surface area contributed by atoms with Crippen molar-refractivity contribution in [1.82, 2.24) is 4.90 Å². The lowest BCUT2D eigenvalue weighted by Crippen LogP contribution is -2.32. The Kier molecular flexibility index (Phi) is 14.1. The molecule has 0 amide bonds. The molecule has 0 fully saturated rings. The monoisotopic (exact) mass is 466 g/mol. The SMILES string of the molecule is CCCCCCCC(c1ccccc1O)N(CCCCCCC)CCN=Cc1ccccc1O. The van der Waals surface area contributed by atoms with Crippen LogP contribution in [-0.2, 0) is 0 Å². The van der Waals surface area contributed by atoms with Gasteiger partial charge in [0, 0.05) is 29.9 Å². The zero-order chi connectivity index (χ0) is 24.4. The summed E-state index contributed by atoms with van der Waals surface area (Å²) >= 11 is 0. The summed E-state index contributed by atoms with van der Waals surface area (Å²) in [5.41, 5.74) is 1.79. The quantitative estimate of drug-likeness (QED) is 0.173. The lowest BCUT2D eigenvalue weighted by molar-refractivity contribution is 0.182. The molecular formula is C30H46N2O2. The molecule has 4 heteroatoms. The van der Waals surface area contributed by atoms with E-state index in [4.69, 9.17) is 0 Å². The maximum Gasteiger partial charge on any atom is 0.124 e. The molecule has 188 valence electrons. The van der Waals surface area contributed by atoms with Crippen LogP contribution in [0.3, 0.4) is 0 Å². The number of para-hydroxylation sites is 2. The second kappa shape index (κ2) is 17.2. The Morgan fingerprint density at radius 2 is 1.35 bits per heavy atom. The third kappa shape index (κ3) is 10.3. The van der Waals surface area contributed by atoms with E-state index in [1.54, 1.807) is 12.3 Å². The van der Waals surface area contributed by atoms with Crippen LogP contribution in [0, 0.1) is 0 Å². The van der Waals surface area contributed by atoms with E-state index in [1.807, 2.05) is 36.4 Å². The van der Waals surface area contributed by atoms with E-state index in [-0.39, 0.29) is 11.8 Å². The number of nitrogens with zero attached hydrogens (tertiary/aromatic N) is 2. The summed E-state index contributed by atoms with van der Waals surface area (Å²) < 4.78 is 0.